The molecule has 0 atom stereocenters. The maximum atomic E-state index is 12.4. The van der Waals surface area contributed by atoms with Crippen molar-refractivity contribution < 1.29 is 23.4 Å². The summed E-state index contributed by atoms with van der Waals surface area (Å²) in [4.78, 5) is 24.1. The number of carbonyl (C=O) groups is 1. The molecule has 0 N–H and O–H groups in total. The molecule has 23 heavy (non-hydrogen) atoms. The summed E-state index contributed by atoms with van der Waals surface area (Å²) in [6.07, 6.45) is 0. The molecule has 0 spiro atoms. The van der Waals surface area contributed by atoms with E-state index in [1.54, 1.807) is 6.92 Å². The number of ether oxygens (including phenoxy) is 3. The standard InChI is InChI=1S/C15H14N2O6/c1-4-22-15(19)11-7-6-16-17-8-5-9(18)23-13(10(7)8)14(21-3)12(11)20-2/h5H,4,6H2,1-3H3. The second-order valence-electron chi connectivity index (χ2n) is 4.69. The fourth-order valence-electron chi connectivity index (χ4n) is 2.63. The van der Waals surface area contributed by atoms with Crippen molar-refractivity contribution >= 4 is 22.6 Å². The SMILES string of the molecule is CCOC(=O)c1c(OC)c(OC)c2oc(=O)cc3c2c1CN=N3. The molecule has 1 aromatic heterocycles. The van der Waals surface area contributed by atoms with Gasteiger partial charge in [-0.25, -0.2) is 9.59 Å². The number of hydrogen-bond acceptors (Lipinski definition) is 8. The average Bonchev–Trinajstić information content (AvgIpc) is 2.54. The minimum absolute atomic E-state index is 0.144. The Morgan fingerprint density at radius 3 is 2.70 bits per heavy atom. The maximum Gasteiger partial charge on any atom is 0.342 e. The van der Waals surface area contributed by atoms with Gasteiger partial charge >= 0.3 is 11.6 Å². The van der Waals surface area contributed by atoms with Crippen LogP contribution in [0.25, 0.3) is 11.0 Å². The molecule has 2 aromatic rings. The first-order chi connectivity index (χ1) is 11.1. The average molecular weight is 318 g/mol. The first kappa shape index (κ1) is 15.0. The van der Waals surface area contributed by atoms with Crippen LogP contribution in [0.3, 0.4) is 0 Å². The highest BCUT2D eigenvalue weighted by Gasteiger charge is 2.31. The van der Waals surface area contributed by atoms with E-state index in [-0.39, 0.29) is 35.8 Å². The fourth-order valence-corrected chi connectivity index (χ4v) is 2.63. The van der Waals surface area contributed by atoms with Crippen molar-refractivity contribution in [2.24, 2.45) is 10.2 Å². The molecule has 0 amide bonds. The zero-order chi connectivity index (χ0) is 16.6. The zero-order valence-corrected chi connectivity index (χ0v) is 12.8. The van der Waals surface area contributed by atoms with Crippen LogP contribution < -0.4 is 15.1 Å². The van der Waals surface area contributed by atoms with Crippen LogP contribution in [0.15, 0.2) is 25.5 Å². The van der Waals surface area contributed by atoms with Gasteiger partial charge in [-0.15, -0.1) is 0 Å². The van der Waals surface area contributed by atoms with Gasteiger partial charge in [-0.2, -0.15) is 10.2 Å². The summed E-state index contributed by atoms with van der Waals surface area (Å²) in [5.74, 6) is -0.273. The summed E-state index contributed by atoms with van der Waals surface area (Å²) >= 11 is 0. The predicted molar refractivity (Wildman–Crippen MR) is 79.8 cm³/mol. The van der Waals surface area contributed by atoms with Gasteiger partial charge in [0.2, 0.25) is 5.75 Å². The molecule has 1 aliphatic rings. The Morgan fingerprint density at radius 1 is 1.30 bits per heavy atom. The molecule has 0 radical (unpaired) electrons. The molecule has 2 heterocycles. The van der Waals surface area contributed by atoms with Crippen LogP contribution in [0.5, 0.6) is 11.5 Å². The summed E-state index contributed by atoms with van der Waals surface area (Å²) in [7, 11) is 2.79. The summed E-state index contributed by atoms with van der Waals surface area (Å²) in [6, 6.07) is 1.22. The Labute approximate surface area is 130 Å². The number of hydrogen-bond donors (Lipinski definition) is 0. The Balaban J connectivity index is 2.50. The van der Waals surface area contributed by atoms with Crippen molar-refractivity contribution in [3.05, 3.63) is 27.6 Å². The topological polar surface area (TPSA) is 99.7 Å². The number of carbonyl (C=O) groups excluding carboxylic acids is 1. The molecule has 1 aromatic carbocycles. The lowest BCUT2D eigenvalue weighted by molar-refractivity contribution is 0.0521. The molecule has 8 heteroatoms. The maximum absolute atomic E-state index is 12.4. The third-order valence-corrected chi connectivity index (χ3v) is 3.48. The van der Waals surface area contributed by atoms with Crippen molar-refractivity contribution in [3.63, 3.8) is 0 Å². The van der Waals surface area contributed by atoms with Gasteiger partial charge in [0, 0.05) is 5.56 Å². The number of methoxy groups -OCH3 is 2. The minimum atomic E-state index is -0.594. The van der Waals surface area contributed by atoms with E-state index in [4.69, 9.17) is 18.6 Å². The van der Waals surface area contributed by atoms with E-state index in [0.717, 1.165) is 0 Å². The van der Waals surface area contributed by atoms with Gasteiger partial charge < -0.3 is 18.6 Å². The molecule has 0 bridgehead atoms. The molecule has 8 nitrogen and oxygen atoms in total. The van der Waals surface area contributed by atoms with Crippen molar-refractivity contribution in [1.82, 2.24) is 0 Å². The first-order valence-electron chi connectivity index (χ1n) is 6.91. The fraction of sp³-hybridized carbons (Fsp3) is 0.333. The van der Waals surface area contributed by atoms with Crippen LogP contribution >= 0.6 is 0 Å². The largest absolute Gasteiger partial charge is 0.492 e. The Morgan fingerprint density at radius 2 is 2.04 bits per heavy atom. The second-order valence-corrected chi connectivity index (χ2v) is 4.69. The molecular weight excluding hydrogens is 304 g/mol. The van der Waals surface area contributed by atoms with E-state index in [2.05, 4.69) is 10.2 Å². The van der Waals surface area contributed by atoms with Crippen LogP contribution in [0, 0.1) is 0 Å². The van der Waals surface area contributed by atoms with E-state index in [0.29, 0.717) is 16.6 Å². The monoisotopic (exact) mass is 318 g/mol. The van der Waals surface area contributed by atoms with Crippen LogP contribution in [0.4, 0.5) is 5.69 Å². The lowest BCUT2D eigenvalue weighted by atomic mass is 9.98. The number of nitrogens with zero attached hydrogens (tertiary/aromatic N) is 2. The molecule has 0 fully saturated rings. The van der Waals surface area contributed by atoms with E-state index < -0.39 is 11.6 Å². The summed E-state index contributed by atoms with van der Waals surface area (Å²) < 4.78 is 21.0. The van der Waals surface area contributed by atoms with Crippen molar-refractivity contribution in [3.8, 4) is 11.5 Å². The predicted octanol–water partition coefficient (Wildman–Crippen LogP) is 2.58. The minimum Gasteiger partial charge on any atom is -0.492 e. The molecule has 0 saturated carbocycles. The second kappa shape index (κ2) is 5.71. The summed E-state index contributed by atoms with van der Waals surface area (Å²) in [6.45, 7) is 2.06. The number of azo groups is 1. The van der Waals surface area contributed by atoms with Gasteiger partial charge in [0.25, 0.3) is 0 Å². The summed E-state index contributed by atoms with van der Waals surface area (Å²) in [5.41, 5.74) is 0.637. The summed E-state index contributed by atoms with van der Waals surface area (Å²) in [5, 5.41) is 8.43. The van der Waals surface area contributed by atoms with Crippen molar-refractivity contribution in [2.75, 3.05) is 20.8 Å². The quantitative estimate of drug-likeness (QED) is 0.634. The van der Waals surface area contributed by atoms with Gasteiger partial charge in [0.1, 0.15) is 11.3 Å². The van der Waals surface area contributed by atoms with Gasteiger partial charge in [-0.3, -0.25) is 0 Å². The highest BCUT2D eigenvalue weighted by atomic mass is 16.5. The number of benzene rings is 1. The molecule has 0 aliphatic carbocycles. The van der Waals surface area contributed by atoms with Crippen molar-refractivity contribution in [1.29, 1.82) is 0 Å². The number of esters is 1. The van der Waals surface area contributed by atoms with Crippen LogP contribution in [0.1, 0.15) is 22.8 Å². The van der Waals surface area contributed by atoms with E-state index in [9.17, 15) is 9.59 Å². The molecule has 3 rings (SSSR count). The Hall–Kier alpha value is -2.90. The van der Waals surface area contributed by atoms with E-state index in [1.807, 2.05) is 0 Å². The third kappa shape index (κ3) is 2.23. The van der Waals surface area contributed by atoms with Gasteiger partial charge in [-0.1, -0.05) is 0 Å². The first-order valence-corrected chi connectivity index (χ1v) is 6.91. The van der Waals surface area contributed by atoms with Crippen LogP contribution in [0.2, 0.25) is 0 Å². The smallest absolute Gasteiger partial charge is 0.342 e. The highest BCUT2D eigenvalue weighted by Crippen LogP contribution is 2.46. The van der Waals surface area contributed by atoms with Gasteiger partial charge in [0.15, 0.2) is 11.3 Å². The lowest BCUT2D eigenvalue weighted by Gasteiger charge is -2.19. The molecular formula is C15H14N2O6. The van der Waals surface area contributed by atoms with Gasteiger partial charge in [0.05, 0.1) is 38.8 Å². The number of rotatable bonds is 4. The zero-order valence-electron chi connectivity index (χ0n) is 12.8. The third-order valence-electron chi connectivity index (χ3n) is 3.48. The highest BCUT2D eigenvalue weighted by molar-refractivity contribution is 6.07. The van der Waals surface area contributed by atoms with Crippen LogP contribution in [-0.4, -0.2) is 26.8 Å². The van der Waals surface area contributed by atoms with E-state index in [1.165, 1.54) is 20.3 Å². The van der Waals surface area contributed by atoms with Gasteiger partial charge in [-0.05, 0) is 6.92 Å². The lowest BCUT2D eigenvalue weighted by Crippen LogP contribution is -2.13. The van der Waals surface area contributed by atoms with Crippen LogP contribution in [-0.2, 0) is 11.3 Å². The Bertz CT molecular complexity index is 884. The Kier molecular flexibility index (Phi) is 3.73. The molecule has 1 aliphatic heterocycles. The molecule has 0 saturated heterocycles. The van der Waals surface area contributed by atoms with E-state index >= 15 is 0 Å². The molecule has 0 unspecified atom stereocenters. The van der Waals surface area contributed by atoms with Crippen molar-refractivity contribution in [2.45, 2.75) is 13.5 Å². The molecule has 120 valence electrons. The normalized spacial score (nSPS) is 12.3.